The second-order valence-corrected chi connectivity index (χ2v) is 6.65. The fourth-order valence-electron chi connectivity index (χ4n) is 3.24. The lowest BCUT2D eigenvalue weighted by molar-refractivity contribution is -0.137. The van der Waals surface area contributed by atoms with Crippen LogP contribution in [0.1, 0.15) is 5.56 Å². The lowest BCUT2D eigenvalue weighted by atomic mass is 10.1. The zero-order valence-corrected chi connectivity index (χ0v) is 15.7. The number of piperazine rings is 1. The first-order valence-corrected chi connectivity index (χ1v) is 9.09. The molecule has 0 amide bonds. The Labute approximate surface area is 165 Å². The number of aromatic nitrogens is 2. The summed E-state index contributed by atoms with van der Waals surface area (Å²) in [7, 11) is 1.60. The second-order valence-electron chi connectivity index (χ2n) is 6.65. The zero-order valence-electron chi connectivity index (χ0n) is 15.7. The van der Waals surface area contributed by atoms with Crippen molar-refractivity contribution in [3.05, 3.63) is 54.1 Å². The average Bonchev–Trinajstić information content (AvgIpc) is 3.24. The predicted octanol–water partition coefficient (Wildman–Crippen LogP) is 4.09. The van der Waals surface area contributed by atoms with E-state index < -0.39 is 11.7 Å². The number of anilines is 2. The number of hydrogen-bond donors (Lipinski definition) is 0. The minimum atomic E-state index is -4.35. The Morgan fingerprint density at radius 1 is 0.966 bits per heavy atom. The topological polar surface area (TPSA) is 54.6 Å². The second kappa shape index (κ2) is 7.65. The monoisotopic (exact) mass is 404 g/mol. The lowest BCUT2D eigenvalue weighted by Crippen LogP contribution is -2.46. The number of nitrogens with zero attached hydrogens (tertiary/aromatic N) is 4. The summed E-state index contributed by atoms with van der Waals surface area (Å²) < 4.78 is 49.3. The Morgan fingerprint density at radius 2 is 1.66 bits per heavy atom. The number of halogens is 3. The molecule has 1 aliphatic rings. The maximum absolute atomic E-state index is 12.9. The Morgan fingerprint density at radius 3 is 2.31 bits per heavy atom. The molecule has 0 radical (unpaired) electrons. The van der Waals surface area contributed by atoms with Crippen molar-refractivity contribution in [3.63, 3.8) is 0 Å². The van der Waals surface area contributed by atoms with Gasteiger partial charge in [0.2, 0.25) is 5.82 Å². The van der Waals surface area contributed by atoms with Gasteiger partial charge in [-0.15, -0.1) is 0 Å². The molecule has 6 nitrogen and oxygen atoms in total. The molecular formula is C20H19F3N4O2. The maximum atomic E-state index is 12.9. The first kappa shape index (κ1) is 19.1. The van der Waals surface area contributed by atoms with Gasteiger partial charge in [0.1, 0.15) is 5.75 Å². The Hall–Kier alpha value is -3.23. The SMILES string of the molecule is COc1ccc(-c2noc(N3CCN(c4cccc(C(F)(F)F)c4)CC3)n2)cc1. The van der Waals surface area contributed by atoms with Crippen molar-refractivity contribution in [2.75, 3.05) is 43.1 Å². The van der Waals surface area contributed by atoms with E-state index in [1.54, 1.807) is 13.2 Å². The van der Waals surface area contributed by atoms with E-state index in [-0.39, 0.29) is 0 Å². The normalized spacial score (nSPS) is 14.9. The molecule has 1 aliphatic heterocycles. The summed E-state index contributed by atoms with van der Waals surface area (Å²) in [5.74, 6) is 1.21. The van der Waals surface area contributed by atoms with Crippen molar-refractivity contribution in [1.82, 2.24) is 10.1 Å². The molecule has 0 N–H and O–H groups in total. The van der Waals surface area contributed by atoms with E-state index in [2.05, 4.69) is 10.1 Å². The van der Waals surface area contributed by atoms with E-state index in [9.17, 15) is 13.2 Å². The van der Waals surface area contributed by atoms with Crippen LogP contribution in [0.5, 0.6) is 5.75 Å². The number of benzene rings is 2. The largest absolute Gasteiger partial charge is 0.497 e. The third kappa shape index (κ3) is 4.13. The Kier molecular flexibility index (Phi) is 5.04. The van der Waals surface area contributed by atoms with Crippen LogP contribution in [0.4, 0.5) is 24.9 Å². The van der Waals surface area contributed by atoms with Gasteiger partial charge in [-0.05, 0) is 42.5 Å². The summed E-state index contributed by atoms with van der Waals surface area (Å²) in [6.45, 7) is 2.25. The molecule has 1 fully saturated rings. The standard InChI is InChI=1S/C20H19F3N4O2/c1-28-17-7-5-14(6-8-17)18-24-19(29-25-18)27-11-9-26(10-12-27)16-4-2-3-15(13-16)20(21,22)23/h2-8,13H,9-12H2,1H3. The van der Waals surface area contributed by atoms with Crippen LogP contribution in [-0.4, -0.2) is 43.4 Å². The van der Waals surface area contributed by atoms with Crippen LogP contribution in [-0.2, 0) is 6.18 Å². The van der Waals surface area contributed by atoms with Crippen molar-refractivity contribution in [2.24, 2.45) is 0 Å². The van der Waals surface area contributed by atoms with Gasteiger partial charge in [-0.2, -0.15) is 18.2 Å². The average molecular weight is 404 g/mol. The predicted molar refractivity (Wildman–Crippen MR) is 102 cm³/mol. The van der Waals surface area contributed by atoms with Crippen molar-refractivity contribution >= 4 is 11.7 Å². The highest BCUT2D eigenvalue weighted by Gasteiger charge is 2.31. The molecule has 1 aromatic heterocycles. The fraction of sp³-hybridized carbons (Fsp3) is 0.300. The van der Waals surface area contributed by atoms with Crippen molar-refractivity contribution < 1.29 is 22.4 Å². The molecule has 0 unspecified atom stereocenters. The Bertz CT molecular complexity index is 964. The third-order valence-electron chi connectivity index (χ3n) is 4.85. The zero-order chi connectivity index (χ0) is 20.4. The smallest absolute Gasteiger partial charge is 0.416 e. The van der Waals surface area contributed by atoms with Gasteiger partial charge in [0.25, 0.3) is 0 Å². The summed E-state index contributed by atoms with van der Waals surface area (Å²) in [6.07, 6.45) is -4.35. The highest BCUT2D eigenvalue weighted by molar-refractivity contribution is 5.57. The van der Waals surface area contributed by atoms with Crippen LogP contribution in [0.3, 0.4) is 0 Å². The molecule has 29 heavy (non-hydrogen) atoms. The molecule has 4 rings (SSSR count). The van der Waals surface area contributed by atoms with Gasteiger partial charge in [0, 0.05) is 37.4 Å². The first-order valence-electron chi connectivity index (χ1n) is 9.09. The highest BCUT2D eigenvalue weighted by atomic mass is 19.4. The maximum Gasteiger partial charge on any atom is 0.416 e. The summed E-state index contributed by atoms with van der Waals surface area (Å²) in [4.78, 5) is 8.30. The molecule has 9 heteroatoms. The van der Waals surface area contributed by atoms with Gasteiger partial charge in [-0.1, -0.05) is 11.2 Å². The fourth-order valence-corrected chi connectivity index (χ4v) is 3.24. The summed E-state index contributed by atoms with van der Waals surface area (Å²) in [5.41, 5.74) is 0.728. The van der Waals surface area contributed by atoms with E-state index in [1.165, 1.54) is 12.1 Å². The summed E-state index contributed by atoms with van der Waals surface area (Å²) in [5, 5.41) is 4.03. The van der Waals surface area contributed by atoms with Crippen molar-refractivity contribution in [2.45, 2.75) is 6.18 Å². The third-order valence-corrected chi connectivity index (χ3v) is 4.85. The van der Waals surface area contributed by atoms with Gasteiger partial charge >= 0.3 is 12.2 Å². The molecule has 0 bridgehead atoms. The van der Waals surface area contributed by atoms with Gasteiger partial charge < -0.3 is 19.1 Å². The van der Waals surface area contributed by atoms with Crippen LogP contribution in [0, 0.1) is 0 Å². The first-order chi connectivity index (χ1) is 13.9. The summed E-state index contributed by atoms with van der Waals surface area (Å²) in [6, 6.07) is 13.1. The number of ether oxygens (including phenoxy) is 1. The molecule has 152 valence electrons. The number of hydrogen-bond acceptors (Lipinski definition) is 6. The molecule has 2 aromatic carbocycles. The van der Waals surface area contributed by atoms with E-state index in [1.807, 2.05) is 34.1 Å². The lowest BCUT2D eigenvalue weighted by Gasteiger charge is -2.35. The summed E-state index contributed by atoms with van der Waals surface area (Å²) >= 11 is 0. The van der Waals surface area contributed by atoms with E-state index >= 15 is 0 Å². The van der Waals surface area contributed by atoms with Crippen LogP contribution >= 0.6 is 0 Å². The number of alkyl halides is 3. The molecule has 1 saturated heterocycles. The molecular weight excluding hydrogens is 385 g/mol. The number of rotatable bonds is 4. The van der Waals surface area contributed by atoms with Gasteiger partial charge in [0.05, 0.1) is 12.7 Å². The minimum Gasteiger partial charge on any atom is -0.497 e. The number of methoxy groups -OCH3 is 1. The van der Waals surface area contributed by atoms with Crippen molar-refractivity contribution in [1.29, 1.82) is 0 Å². The van der Waals surface area contributed by atoms with Gasteiger partial charge in [-0.3, -0.25) is 0 Å². The molecule has 3 aromatic rings. The minimum absolute atomic E-state index is 0.402. The molecule has 0 aliphatic carbocycles. The van der Waals surface area contributed by atoms with Crippen LogP contribution in [0.25, 0.3) is 11.4 Å². The van der Waals surface area contributed by atoms with Crippen LogP contribution < -0.4 is 14.5 Å². The molecule has 0 spiro atoms. The highest BCUT2D eigenvalue weighted by Crippen LogP contribution is 2.32. The van der Waals surface area contributed by atoms with E-state index in [4.69, 9.17) is 9.26 Å². The molecule has 2 heterocycles. The van der Waals surface area contributed by atoms with Crippen LogP contribution in [0.2, 0.25) is 0 Å². The molecule has 0 atom stereocenters. The quantitative estimate of drug-likeness (QED) is 0.653. The van der Waals surface area contributed by atoms with E-state index in [0.717, 1.165) is 17.4 Å². The van der Waals surface area contributed by atoms with Gasteiger partial charge in [-0.25, -0.2) is 0 Å². The van der Waals surface area contributed by atoms with Gasteiger partial charge in [0.15, 0.2) is 0 Å². The van der Waals surface area contributed by atoms with E-state index in [0.29, 0.717) is 43.7 Å². The molecule has 0 saturated carbocycles. The Balaban J connectivity index is 1.42. The van der Waals surface area contributed by atoms with Crippen molar-refractivity contribution in [3.8, 4) is 17.1 Å². The van der Waals surface area contributed by atoms with Crippen LogP contribution in [0.15, 0.2) is 53.1 Å².